The second-order valence-electron chi connectivity index (χ2n) is 6.62. The molecule has 1 atom stereocenters. The van der Waals surface area contributed by atoms with Gasteiger partial charge in [-0.2, -0.15) is 0 Å². The first kappa shape index (κ1) is 20.7. The van der Waals surface area contributed by atoms with Gasteiger partial charge in [0.15, 0.2) is 0 Å². The topological polar surface area (TPSA) is 71.1 Å². The van der Waals surface area contributed by atoms with E-state index in [1.165, 1.54) is 23.5 Å². The van der Waals surface area contributed by atoms with Gasteiger partial charge in [-0.05, 0) is 36.2 Å². The summed E-state index contributed by atoms with van der Waals surface area (Å²) < 4.78 is 13.0. The van der Waals surface area contributed by atoms with Crippen molar-refractivity contribution in [2.24, 2.45) is 0 Å². The molecule has 0 aliphatic rings. The Morgan fingerprint density at radius 3 is 2.48 bits per heavy atom. The van der Waals surface area contributed by atoms with Gasteiger partial charge < -0.3 is 0 Å². The lowest BCUT2D eigenvalue weighted by Gasteiger charge is -2.16. The fourth-order valence-corrected chi connectivity index (χ4v) is 3.79. The molecule has 2 aromatic carbocycles. The zero-order valence-corrected chi connectivity index (χ0v) is 16.8. The maximum Gasteiger partial charge on any atom is 0.245 e. The molecule has 0 radical (unpaired) electrons. The Morgan fingerprint density at radius 2 is 1.79 bits per heavy atom. The van der Waals surface area contributed by atoms with Crippen molar-refractivity contribution < 1.29 is 14.0 Å². The molecular formula is C22H22FN3O2S. The number of hydrogen-bond acceptors (Lipinski definition) is 4. The average molecular weight is 412 g/mol. The lowest BCUT2D eigenvalue weighted by Crippen LogP contribution is -2.44. The van der Waals surface area contributed by atoms with Crippen LogP contribution in [0.5, 0.6) is 0 Å². The highest BCUT2D eigenvalue weighted by Gasteiger charge is 2.20. The maximum absolute atomic E-state index is 13.0. The molecule has 5 nitrogen and oxygen atoms in total. The molecule has 0 unspecified atom stereocenters. The molecule has 0 spiro atoms. The van der Waals surface area contributed by atoms with E-state index < -0.39 is 0 Å². The number of hydrazine groups is 1. The number of nitrogens with zero attached hydrogens (tertiary/aromatic N) is 1. The highest BCUT2D eigenvalue weighted by atomic mass is 32.1. The third-order valence-electron chi connectivity index (χ3n) is 4.41. The number of benzene rings is 2. The summed E-state index contributed by atoms with van der Waals surface area (Å²) in [5.74, 6) is -1.21. The monoisotopic (exact) mass is 411 g/mol. The Hall–Kier alpha value is -3.06. The van der Waals surface area contributed by atoms with Gasteiger partial charge in [0.25, 0.3) is 0 Å². The molecule has 29 heavy (non-hydrogen) atoms. The van der Waals surface area contributed by atoms with E-state index in [2.05, 4.69) is 15.8 Å². The number of carbonyl (C=O) groups is 2. The first-order valence-electron chi connectivity index (χ1n) is 9.40. The lowest BCUT2D eigenvalue weighted by molar-refractivity contribution is -0.129. The molecule has 3 rings (SSSR count). The standard InChI is InChI=1S/C22H22FN3O2S/c1-2-6-19(15-7-4-3-5-8-15)21(28)26-25-20(27)13-18-14-29-22(24-18)16-9-11-17(23)12-10-16/h3-5,7-12,14,19H,2,6,13H2,1H3,(H,25,27)(H,26,28)/t19-/m0/s1. The van der Waals surface area contributed by atoms with Crippen molar-refractivity contribution in [2.75, 3.05) is 0 Å². The number of aromatic nitrogens is 1. The van der Waals surface area contributed by atoms with Crippen molar-refractivity contribution >= 4 is 23.2 Å². The minimum absolute atomic E-state index is 0.0434. The Kier molecular flexibility index (Phi) is 7.08. The number of thiazole rings is 1. The molecule has 2 amide bonds. The third kappa shape index (κ3) is 5.71. The molecule has 0 fully saturated rings. The van der Waals surface area contributed by atoms with Crippen molar-refractivity contribution in [1.29, 1.82) is 0 Å². The average Bonchev–Trinajstić information content (AvgIpc) is 3.19. The summed E-state index contributed by atoms with van der Waals surface area (Å²) in [4.78, 5) is 29.2. The fourth-order valence-electron chi connectivity index (χ4n) is 2.96. The van der Waals surface area contributed by atoms with Crippen LogP contribution in [-0.2, 0) is 16.0 Å². The first-order valence-corrected chi connectivity index (χ1v) is 10.3. The van der Waals surface area contributed by atoms with Crippen LogP contribution in [0, 0.1) is 5.82 Å². The summed E-state index contributed by atoms with van der Waals surface area (Å²) in [6.45, 7) is 2.02. The molecule has 0 bridgehead atoms. The number of nitrogens with one attached hydrogen (secondary N) is 2. The first-order chi connectivity index (χ1) is 14.1. The quantitative estimate of drug-likeness (QED) is 0.572. The van der Waals surface area contributed by atoms with E-state index in [-0.39, 0.29) is 30.0 Å². The predicted octanol–water partition coefficient (Wildman–Crippen LogP) is 4.22. The number of amides is 2. The van der Waals surface area contributed by atoms with Gasteiger partial charge in [0.1, 0.15) is 10.8 Å². The Morgan fingerprint density at radius 1 is 1.07 bits per heavy atom. The van der Waals surface area contributed by atoms with Gasteiger partial charge in [0.05, 0.1) is 18.0 Å². The normalized spacial score (nSPS) is 11.7. The van der Waals surface area contributed by atoms with Crippen LogP contribution in [0.2, 0.25) is 0 Å². The Bertz CT molecular complexity index is 958. The molecule has 0 aliphatic heterocycles. The maximum atomic E-state index is 13.0. The minimum atomic E-state index is -0.349. The van der Waals surface area contributed by atoms with Crippen LogP contribution in [0.1, 0.15) is 36.9 Å². The van der Waals surface area contributed by atoms with E-state index in [9.17, 15) is 14.0 Å². The Balaban J connectivity index is 1.55. The molecule has 0 saturated carbocycles. The molecule has 2 N–H and O–H groups in total. The third-order valence-corrected chi connectivity index (χ3v) is 5.35. The van der Waals surface area contributed by atoms with Crippen LogP contribution >= 0.6 is 11.3 Å². The number of hydrogen-bond donors (Lipinski definition) is 2. The predicted molar refractivity (Wildman–Crippen MR) is 112 cm³/mol. The largest absolute Gasteiger partial charge is 0.273 e. The molecule has 7 heteroatoms. The van der Waals surface area contributed by atoms with Gasteiger partial charge >= 0.3 is 0 Å². The van der Waals surface area contributed by atoms with Gasteiger partial charge in [-0.3, -0.25) is 20.4 Å². The van der Waals surface area contributed by atoms with E-state index in [0.29, 0.717) is 17.1 Å². The smallest absolute Gasteiger partial charge is 0.245 e. The molecular weight excluding hydrogens is 389 g/mol. The summed E-state index contributed by atoms with van der Waals surface area (Å²) >= 11 is 1.38. The summed E-state index contributed by atoms with van der Waals surface area (Å²) in [6, 6.07) is 15.6. The summed E-state index contributed by atoms with van der Waals surface area (Å²) in [6.07, 6.45) is 1.59. The highest BCUT2D eigenvalue weighted by Crippen LogP contribution is 2.24. The highest BCUT2D eigenvalue weighted by molar-refractivity contribution is 7.13. The van der Waals surface area contributed by atoms with Crippen molar-refractivity contribution in [3.05, 3.63) is 77.1 Å². The molecule has 3 aromatic rings. The lowest BCUT2D eigenvalue weighted by atomic mass is 9.94. The Labute approximate surface area is 173 Å². The van der Waals surface area contributed by atoms with Crippen molar-refractivity contribution in [3.8, 4) is 10.6 Å². The molecule has 0 aliphatic carbocycles. The van der Waals surface area contributed by atoms with E-state index in [4.69, 9.17) is 0 Å². The van der Waals surface area contributed by atoms with Crippen molar-refractivity contribution in [2.45, 2.75) is 32.1 Å². The van der Waals surface area contributed by atoms with Crippen LogP contribution in [0.15, 0.2) is 60.0 Å². The van der Waals surface area contributed by atoms with Crippen LogP contribution in [0.25, 0.3) is 10.6 Å². The second-order valence-corrected chi connectivity index (χ2v) is 7.48. The SMILES string of the molecule is CCC[C@H](C(=O)NNC(=O)Cc1csc(-c2ccc(F)cc2)n1)c1ccccc1. The summed E-state index contributed by atoms with van der Waals surface area (Å²) in [7, 11) is 0. The molecule has 1 aromatic heterocycles. The summed E-state index contributed by atoms with van der Waals surface area (Å²) in [5.41, 5.74) is 7.30. The molecule has 150 valence electrons. The van der Waals surface area contributed by atoms with Gasteiger partial charge in [0.2, 0.25) is 11.8 Å². The number of rotatable bonds is 7. The van der Waals surface area contributed by atoms with Gasteiger partial charge in [-0.25, -0.2) is 9.37 Å². The van der Waals surface area contributed by atoms with Crippen LogP contribution in [0.3, 0.4) is 0 Å². The van der Waals surface area contributed by atoms with E-state index >= 15 is 0 Å². The van der Waals surface area contributed by atoms with Crippen molar-refractivity contribution in [3.63, 3.8) is 0 Å². The van der Waals surface area contributed by atoms with Gasteiger partial charge in [0, 0.05) is 10.9 Å². The van der Waals surface area contributed by atoms with Crippen molar-refractivity contribution in [1.82, 2.24) is 15.8 Å². The second kappa shape index (κ2) is 9.93. The number of carbonyl (C=O) groups excluding carboxylic acids is 2. The van der Waals surface area contributed by atoms with E-state index in [1.807, 2.05) is 37.3 Å². The van der Waals surface area contributed by atoms with Crippen LogP contribution in [-0.4, -0.2) is 16.8 Å². The van der Waals surface area contributed by atoms with E-state index in [0.717, 1.165) is 17.5 Å². The van der Waals surface area contributed by atoms with Crippen LogP contribution in [0.4, 0.5) is 4.39 Å². The summed E-state index contributed by atoms with van der Waals surface area (Å²) in [5, 5.41) is 2.49. The minimum Gasteiger partial charge on any atom is -0.273 e. The van der Waals surface area contributed by atoms with Gasteiger partial charge in [-0.15, -0.1) is 11.3 Å². The molecule has 1 heterocycles. The zero-order chi connectivity index (χ0) is 20.6. The zero-order valence-electron chi connectivity index (χ0n) is 16.0. The molecule has 0 saturated heterocycles. The van der Waals surface area contributed by atoms with Crippen LogP contribution < -0.4 is 10.9 Å². The van der Waals surface area contributed by atoms with Gasteiger partial charge in [-0.1, -0.05) is 43.7 Å². The number of halogens is 1. The van der Waals surface area contributed by atoms with E-state index in [1.54, 1.807) is 17.5 Å². The fraction of sp³-hybridized carbons (Fsp3) is 0.227.